The van der Waals surface area contributed by atoms with Crippen LogP contribution in [0.25, 0.3) is 0 Å². The van der Waals surface area contributed by atoms with Crippen molar-refractivity contribution in [2.45, 2.75) is 30.7 Å². The fraction of sp³-hybridized carbons (Fsp3) is 0.625. The lowest BCUT2D eigenvalue weighted by molar-refractivity contribution is -0.141. The first-order chi connectivity index (χ1) is 6.81. The third-order valence-electron chi connectivity index (χ3n) is 2.60. The minimum Gasteiger partial charge on any atom is -0.393 e. The molecule has 1 heterocycles. The minimum atomic E-state index is -4.46. The van der Waals surface area contributed by atoms with Gasteiger partial charge in [0, 0.05) is 0 Å². The largest absolute Gasteiger partial charge is 0.435 e. The maximum Gasteiger partial charge on any atom is 0.435 e. The van der Waals surface area contributed by atoms with E-state index in [1.807, 2.05) is 0 Å². The van der Waals surface area contributed by atoms with Crippen molar-refractivity contribution >= 4 is 0 Å². The van der Waals surface area contributed by atoms with Gasteiger partial charge in [-0.3, -0.25) is 5.10 Å². The summed E-state index contributed by atoms with van der Waals surface area (Å²) in [4.78, 5) is 0. The lowest BCUT2D eigenvalue weighted by Gasteiger charge is -2.41. The van der Waals surface area contributed by atoms with Crippen molar-refractivity contribution in [1.82, 2.24) is 10.2 Å². The van der Waals surface area contributed by atoms with Gasteiger partial charge in [0.2, 0.25) is 0 Å². The van der Waals surface area contributed by atoms with Gasteiger partial charge in [-0.2, -0.15) is 18.3 Å². The number of nitrogens with zero attached hydrogens (tertiary/aromatic N) is 1. The van der Waals surface area contributed by atoms with E-state index in [1.165, 1.54) is 0 Å². The fourth-order valence-corrected chi connectivity index (χ4v) is 1.72. The average Bonchev–Trinajstić information content (AvgIpc) is 2.47. The number of rotatable bonds is 1. The Bertz CT molecular complexity index is 367. The standard InChI is InChI=1S/C8H10F3N3O/c9-8(10,11)6-1-5(13-14-6)7(12)2-4(15)3-7/h1,4,15H,2-3,12H2,(H,13,14). The lowest BCUT2D eigenvalue weighted by Crippen LogP contribution is -2.51. The Hall–Kier alpha value is -1.08. The van der Waals surface area contributed by atoms with Gasteiger partial charge in [-0.25, -0.2) is 0 Å². The van der Waals surface area contributed by atoms with Crippen LogP contribution in [0.2, 0.25) is 0 Å². The molecule has 0 atom stereocenters. The molecule has 0 saturated heterocycles. The molecule has 2 rings (SSSR count). The van der Waals surface area contributed by atoms with Crippen LogP contribution in [-0.2, 0) is 11.7 Å². The number of H-pyrrole nitrogens is 1. The first-order valence-corrected chi connectivity index (χ1v) is 4.41. The normalized spacial score (nSPS) is 31.4. The van der Waals surface area contributed by atoms with Gasteiger partial charge in [-0.15, -0.1) is 0 Å². The number of alkyl halides is 3. The third-order valence-corrected chi connectivity index (χ3v) is 2.60. The topological polar surface area (TPSA) is 74.9 Å². The summed E-state index contributed by atoms with van der Waals surface area (Å²) in [5.41, 5.74) is 4.12. The lowest BCUT2D eigenvalue weighted by atomic mass is 9.73. The second-order valence-corrected chi connectivity index (χ2v) is 3.88. The van der Waals surface area contributed by atoms with Crippen LogP contribution in [0.5, 0.6) is 0 Å². The molecule has 1 aromatic heterocycles. The van der Waals surface area contributed by atoms with Crippen LogP contribution < -0.4 is 5.73 Å². The minimum absolute atomic E-state index is 0.222. The van der Waals surface area contributed by atoms with Crippen molar-refractivity contribution in [3.05, 3.63) is 17.5 Å². The molecule has 0 bridgehead atoms. The molecule has 0 spiro atoms. The van der Waals surface area contributed by atoms with Gasteiger partial charge in [-0.05, 0) is 18.9 Å². The van der Waals surface area contributed by atoms with Crippen molar-refractivity contribution in [2.24, 2.45) is 5.73 Å². The highest BCUT2D eigenvalue weighted by atomic mass is 19.4. The van der Waals surface area contributed by atoms with Crippen molar-refractivity contribution in [1.29, 1.82) is 0 Å². The Labute approximate surface area is 83.3 Å². The molecule has 1 aromatic rings. The molecule has 1 fully saturated rings. The molecule has 0 radical (unpaired) electrons. The second kappa shape index (κ2) is 2.96. The number of nitrogens with two attached hydrogens (primary N) is 1. The van der Waals surface area contributed by atoms with Crippen LogP contribution in [-0.4, -0.2) is 21.4 Å². The molecule has 7 heteroatoms. The molecule has 4 nitrogen and oxygen atoms in total. The number of aliphatic hydroxyl groups excluding tert-OH is 1. The number of aromatic nitrogens is 2. The molecule has 4 N–H and O–H groups in total. The molecule has 0 aromatic carbocycles. The van der Waals surface area contributed by atoms with Crippen LogP contribution in [0.1, 0.15) is 24.2 Å². The Morgan fingerprint density at radius 2 is 2.13 bits per heavy atom. The van der Waals surface area contributed by atoms with Crippen molar-refractivity contribution < 1.29 is 18.3 Å². The first-order valence-electron chi connectivity index (χ1n) is 4.41. The zero-order valence-electron chi connectivity index (χ0n) is 7.67. The molecule has 84 valence electrons. The van der Waals surface area contributed by atoms with E-state index in [0.29, 0.717) is 0 Å². The van der Waals surface area contributed by atoms with Gasteiger partial charge in [0.15, 0.2) is 5.69 Å². The molecular formula is C8H10F3N3O. The predicted molar refractivity (Wildman–Crippen MR) is 44.7 cm³/mol. The summed E-state index contributed by atoms with van der Waals surface area (Å²) in [5.74, 6) is 0. The van der Waals surface area contributed by atoms with Crippen LogP contribution in [0, 0.1) is 0 Å². The summed E-state index contributed by atoms with van der Waals surface area (Å²) in [7, 11) is 0. The molecule has 0 amide bonds. The second-order valence-electron chi connectivity index (χ2n) is 3.88. The highest BCUT2D eigenvalue weighted by molar-refractivity contribution is 5.23. The highest BCUT2D eigenvalue weighted by Gasteiger charge is 2.44. The monoisotopic (exact) mass is 221 g/mol. The number of hydrogen-bond acceptors (Lipinski definition) is 3. The molecule has 1 aliphatic rings. The third kappa shape index (κ3) is 1.72. The molecule has 0 unspecified atom stereocenters. The van der Waals surface area contributed by atoms with E-state index in [9.17, 15) is 13.2 Å². The SMILES string of the molecule is NC1(c2cc(C(F)(F)F)n[nH]2)CC(O)C1. The van der Waals surface area contributed by atoms with E-state index in [4.69, 9.17) is 10.8 Å². The van der Waals surface area contributed by atoms with Crippen LogP contribution in [0.4, 0.5) is 13.2 Å². The quantitative estimate of drug-likeness (QED) is 0.654. The number of halogens is 3. The van der Waals surface area contributed by atoms with Gasteiger partial charge in [0.25, 0.3) is 0 Å². The summed E-state index contributed by atoms with van der Waals surface area (Å²) < 4.78 is 36.6. The summed E-state index contributed by atoms with van der Waals surface area (Å²) in [6.45, 7) is 0. The van der Waals surface area contributed by atoms with Gasteiger partial charge >= 0.3 is 6.18 Å². The first kappa shape index (κ1) is 10.4. The maximum atomic E-state index is 12.2. The Morgan fingerprint density at radius 3 is 2.53 bits per heavy atom. The van der Waals surface area contributed by atoms with Gasteiger partial charge in [-0.1, -0.05) is 0 Å². The molecule has 1 aliphatic carbocycles. The Morgan fingerprint density at radius 1 is 1.53 bits per heavy atom. The fourth-order valence-electron chi connectivity index (χ4n) is 1.72. The Kier molecular flexibility index (Phi) is 2.06. The van der Waals surface area contributed by atoms with Gasteiger partial charge in [0.05, 0.1) is 17.3 Å². The highest BCUT2D eigenvalue weighted by Crippen LogP contribution is 2.39. The van der Waals surface area contributed by atoms with Crippen molar-refractivity contribution in [3.63, 3.8) is 0 Å². The summed E-state index contributed by atoms with van der Waals surface area (Å²) >= 11 is 0. The summed E-state index contributed by atoms with van der Waals surface area (Å²) in [6, 6.07) is 0.895. The Balaban J connectivity index is 2.21. The van der Waals surface area contributed by atoms with Crippen LogP contribution >= 0.6 is 0 Å². The van der Waals surface area contributed by atoms with E-state index in [0.717, 1.165) is 6.07 Å². The van der Waals surface area contributed by atoms with Crippen LogP contribution in [0.15, 0.2) is 6.07 Å². The zero-order chi connectivity index (χ0) is 11.3. The molecule has 1 saturated carbocycles. The van der Waals surface area contributed by atoms with Gasteiger partial charge in [0.1, 0.15) is 0 Å². The average molecular weight is 221 g/mol. The zero-order valence-corrected chi connectivity index (χ0v) is 7.67. The number of hydrogen-bond donors (Lipinski definition) is 3. The van der Waals surface area contributed by atoms with Crippen molar-refractivity contribution in [3.8, 4) is 0 Å². The van der Waals surface area contributed by atoms with Gasteiger partial charge < -0.3 is 10.8 Å². The van der Waals surface area contributed by atoms with Crippen molar-refractivity contribution in [2.75, 3.05) is 0 Å². The molecule has 15 heavy (non-hydrogen) atoms. The summed E-state index contributed by atoms with van der Waals surface area (Å²) in [5, 5.41) is 14.5. The smallest absolute Gasteiger partial charge is 0.393 e. The molecular weight excluding hydrogens is 211 g/mol. The number of aliphatic hydroxyl groups is 1. The van der Waals surface area contributed by atoms with E-state index >= 15 is 0 Å². The summed E-state index contributed by atoms with van der Waals surface area (Å²) in [6.07, 6.45) is -4.49. The number of nitrogens with one attached hydrogen (secondary N) is 1. The van der Waals surface area contributed by atoms with E-state index in [-0.39, 0.29) is 18.5 Å². The van der Waals surface area contributed by atoms with Crippen LogP contribution in [0.3, 0.4) is 0 Å². The molecule has 0 aliphatic heterocycles. The maximum absolute atomic E-state index is 12.2. The predicted octanol–water partition coefficient (Wildman–Crippen LogP) is 0.737. The van der Waals surface area contributed by atoms with E-state index < -0.39 is 23.5 Å². The number of aromatic amines is 1. The van der Waals surface area contributed by atoms with E-state index in [1.54, 1.807) is 0 Å². The van der Waals surface area contributed by atoms with E-state index in [2.05, 4.69) is 10.2 Å².